The predicted molar refractivity (Wildman–Crippen MR) is 94.8 cm³/mol. The van der Waals surface area contributed by atoms with Crippen LogP contribution in [0.3, 0.4) is 0 Å². The van der Waals surface area contributed by atoms with E-state index in [2.05, 4.69) is 9.97 Å². The lowest BCUT2D eigenvalue weighted by Gasteiger charge is -2.32. The van der Waals surface area contributed by atoms with Crippen LogP contribution in [0.2, 0.25) is 0 Å². The average Bonchev–Trinajstić information content (AvgIpc) is 2.60. The first-order chi connectivity index (χ1) is 12.4. The van der Waals surface area contributed by atoms with Crippen LogP contribution in [-0.4, -0.2) is 33.9 Å². The van der Waals surface area contributed by atoms with E-state index in [1.165, 1.54) is 12.1 Å². The Morgan fingerprint density at radius 1 is 1.23 bits per heavy atom. The number of amides is 1. The maximum absolute atomic E-state index is 13.8. The van der Waals surface area contributed by atoms with Crippen LogP contribution in [0.1, 0.15) is 46.8 Å². The molecule has 0 radical (unpaired) electrons. The summed E-state index contributed by atoms with van der Waals surface area (Å²) in [6.45, 7) is 4.98. The lowest BCUT2D eigenvalue weighted by Crippen LogP contribution is -2.40. The van der Waals surface area contributed by atoms with Crippen molar-refractivity contribution in [2.24, 2.45) is 5.92 Å². The fourth-order valence-electron chi connectivity index (χ4n) is 3.56. The molecule has 1 aliphatic heterocycles. The number of nitrogens with zero attached hydrogens (tertiary/aromatic N) is 3. The van der Waals surface area contributed by atoms with Gasteiger partial charge in [0.15, 0.2) is 0 Å². The Morgan fingerprint density at radius 3 is 2.77 bits per heavy atom. The van der Waals surface area contributed by atoms with Crippen molar-refractivity contribution >= 4 is 5.91 Å². The molecule has 2 aromatic rings. The molecule has 0 spiro atoms. The van der Waals surface area contributed by atoms with E-state index in [9.17, 15) is 13.6 Å². The fraction of sp³-hybridized carbons (Fsp3) is 0.450. The van der Waals surface area contributed by atoms with Crippen LogP contribution < -0.4 is 0 Å². The molecular formula is C20H23F2N3O. The van der Waals surface area contributed by atoms with E-state index in [1.54, 1.807) is 13.0 Å². The van der Waals surface area contributed by atoms with Crippen molar-refractivity contribution in [2.45, 2.75) is 39.5 Å². The van der Waals surface area contributed by atoms with Gasteiger partial charge in [0, 0.05) is 24.8 Å². The van der Waals surface area contributed by atoms with Gasteiger partial charge in [-0.15, -0.1) is 0 Å². The molecule has 1 unspecified atom stereocenters. The molecule has 0 saturated carbocycles. The molecule has 1 saturated heterocycles. The van der Waals surface area contributed by atoms with Gasteiger partial charge in [0.25, 0.3) is 5.91 Å². The third-order valence-electron chi connectivity index (χ3n) is 4.83. The number of benzene rings is 1. The Balaban J connectivity index is 1.62. The second-order valence-corrected chi connectivity index (χ2v) is 6.98. The zero-order valence-electron chi connectivity index (χ0n) is 15.1. The minimum absolute atomic E-state index is 0.0729. The highest BCUT2D eigenvalue weighted by atomic mass is 19.1. The van der Waals surface area contributed by atoms with Gasteiger partial charge in [-0.1, -0.05) is 6.07 Å². The van der Waals surface area contributed by atoms with Gasteiger partial charge in [0.1, 0.15) is 23.2 Å². The lowest BCUT2D eigenvalue weighted by molar-refractivity contribution is 0.0661. The van der Waals surface area contributed by atoms with Gasteiger partial charge in [0.2, 0.25) is 0 Å². The van der Waals surface area contributed by atoms with Gasteiger partial charge in [0.05, 0.1) is 0 Å². The summed E-state index contributed by atoms with van der Waals surface area (Å²) in [6.07, 6.45) is 3.25. The van der Waals surface area contributed by atoms with Crippen molar-refractivity contribution in [3.8, 4) is 0 Å². The van der Waals surface area contributed by atoms with Crippen molar-refractivity contribution in [3.05, 3.63) is 58.7 Å². The van der Waals surface area contributed by atoms with E-state index >= 15 is 0 Å². The summed E-state index contributed by atoms with van der Waals surface area (Å²) in [5.74, 6) is -0.233. The van der Waals surface area contributed by atoms with E-state index < -0.39 is 11.6 Å². The predicted octanol–water partition coefficient (Wildman–Crippen LogP) is 3.86. The molecule has 4 nitrogen and oxygen atoms in total. The van der Waals surface area contributed by atoms with E-state index in [1.807, 2.05) is 11.8 Å². The maximum atomic E-state index is 13.8. The smallest absolute Gasteiger partial charge is 0.272 e. The summed E-state index contributed by atoms with van der Waals surface area (Å²) in [6, 6.07) is 5.43. The van der Waals surface area contributed by atoms with Gasteiger partial charge < -0.3 is 4.90 Å². The Kier molecular flexibility index (Phi) is 5.59. The molecule has 1 aromatic heterocycles. The number of halogens is 2. The number of hydrogen-bond acceptors (Lipinski definition) is 3. The van der Waals surface area contributed by atoms with Gasteiger partial charge >= 0.3 is 0 Å². The van der Waals surface area contributed by atoms with E-state index in [0.29, 0.717) is 42.5 Å². The molecule has 1 fully saturated rings. The highest BCUT2D eigenvalue weighted by molar-refractivity contribution is 5.92. The zero-order chi connectivity index (χ0) is 18.7. The Labute approximate surface area is 152 Å². The highest BCUT2D eigenvalue weighted by Crippen LogP contribution is 2.23. The zero-order valence-corrected chi connectivity index (χ0v) is 15.1. The molecular weight excluding hydrogens is 336 g/mol. The largest absolute Gasteiger partial charge is 0.337 e. The third kappa shape index (κ3) is 4.42. The summed E-state index contributed by atoms with van der Waals surface area (Å²) in [5.41, 5.74) is 1.73. The summed E-state index contributed by atoms with van der Waals surface area (Å²) < 4.78 is 26.8. The number of carbonyl (C=O) groups excluding carboxylic acids is 1. The van der Waals surface area contributed by atoms with E-state index in [0.717, 1.165) is 31.0 Å². The summed E-state index contributed by atoms with van der Waals surface area (Å²) in [7, 11) is 0. The van der Waals surface area contributed by atoms with Crippen LogP contribution in [0.25, 0.3) is 0 Å². The second kappa shape index (κ2) is 7.89. The number of rotatable bonds is 4. The lowest BCUT2D eigenvalue weighted by atomic mass is 9.91. The Bertz CT molecular complexity index is 789. The molecule has 0 bridgehead atoms. The molecule has 138 valence electrons. The topological polar surface area (TPSA) is 46.1 Å². The Morgan fingerprint density at radius 2 is 2.04 bits per heavy atom. The first-order valence-electron chi connectivity index (χ1n) is 8.98. The van der Waals surface area contributed by atoms with Gasteiger partial charge in [-0.25, -0.2) is 18.7 Å². The van der Waals surface area contributed by atoms with Crippen molar-refractivity contribution in [2.75, 3.05) is 13.1 Å². The van der Waals surface area contributed by atoms with Crippen LogP contribution in [0.15, 0.2) is 24.3 Å². The van der Waals surface area contributed by atoms with Crippen molar-refractivity contribution in [1.82, 2.24) is 14.9 Å². The molecule has 6 heteroatoms. The van der Waals surface area contributed by atoms with Crippen molar-refractivity contribution in [1.29, 1.82) is 0 Å². The third-order valence-corrected chi connectivity index (χ3v) is 4.83. The van der Waals surface area contributed by atoms with Crippen molar-refractivity contribution < 1.29 is 13.6 Å². The van der Waals surface area contributed by atoms with Gasteiger partial charge in [-0.3, -0.25) is 4.79 Å². The molecule has 1 atom stereocenters. The molecule has 1 amide bonds. The van der Waals surface area contributed by atoms with E-state index in [-0.39, 0.29) is 5.91 Å². The van der Waals surface area contributed by atoms with Gasteiger partial charge in [-0.2, -0.15) is 0 Å². The number of aryl methyl sites for hydroxylation is 3. The molecule has 26 heavy (non-hydrogen) atoms. The summed E-state index contributed by atoms with van der Waals surface area (Å²) >= 11 is 0. The Hall–Kier alpha value is -2.37. The van der Waals surface area contributed by atoms with Crippen LogP contribution in [-0.2, 0) is 6.42 Å². The van der Waals surface area contributed by atoms with Gasteiger partial charge in [-0.05, 0) is 63.1 Å². The van der Waals surface area contributed by atoms with Crippen molar-refractivity contribution in [3.63, 3.8) is 0 Å². The molecule has 0 aliphatic carbocycles. The first-order valence-corrected chi connectivity index (χ1v) is 8.98. The van der Waals surface area contributed by atoms with Crippen LogP contribution >= 0.6 is 0 Å². The first kappa shape index (κ1) is 18.4. The summed E-state index contributed by atoms with van der Waals surface area (Å²) in [4.78, 5) is 23.0. The average molecular weight is 359 g/mol. The monoisotopic (exact) mass is 359 g/mol. The number of hydrogen-bond donors (Lipinski definition) is 0. The number of aromatic nitrogens is 2. The molecule has 1 aromatic carbocycles. The van der Waals surface area contributed by atoms with E-state index in [4.69, 9.17) is 0 Å². The van der Waals surface area contributed by atoms with Crippen LogP contribution in [0, 0.1) is 31.4 Å². The summed E-state index contributed by atoms with van der Waals surface area (Å²) in [5, 5.41) is 0. The standard InChI is InChI=1S/C20H23F2N3O/c1-13-10-19(24-14(2)23-13)20(26)25-9-3-4-15(12-25)5-6-16-7-8-17(21)11-18(16)22/h7-8,10-11,15H,3-6,9,12H2,1-2H3. The second-order valence-electron chi connectivity index (χ2n) is 6.98. The quantitative estimate of drug-likeness (QED) is 0.833. The molecule has 2 heterocycles. The maximum Gasteiger partial charge on any atom is 0.272 e. The minimum atomic E-state index is -0.559. The molecule has 3 rings (SSSR count). The minimum Gasteiger partial charge on any atom is -0.337 e. The normalized spacial score (nSPS) is 17.4. The number of piperidine rings is 1. The molecule has 0 N–H and O–H groups in total. The SMILES string of the molecule is Cc1cc(C(=O)N2CCCC(CCc3ccc(F)cc3F)C2)nc(C)n1. The van der Waals surface area contributed by atoms with Crippen LogP contribution in [0.5, 0.6) is 0 Å². The highest BCUT2D eigenvalue weighted by Gasteiger charge is 2.25. The number of carbonyl (C=O) groups is 1. The fourth-order valence-corrected chi connectivity index (χ4v) is 3.56. The van der Waals surface area contributed by atoms with Crippen LogP contribution in [0.4, 0.5) is 8.78 Å². The molecule has 1 aliphatic rings. The number of likely N-dealkylation sites (tertiary alicyclic amines) is 1.